The quantitative estimate of drug-likeness (QED) is 0.614. The summed E-state index contributed by atoms with van der Waals surface area (Å²) in [6, 6.07) is 10.8. The predicted octanol–water partition coefficient (Wildman–Crippen LogP) is 4.79. The van der Waals surface area contributed by atoms with Crippen molar-refractivity contribution < 1.29 is 0 Å². The van der Waals surface area contributed by atoms with Gasteiger partial charge in [0.2, 0.25) is 0 Å². The van der Waals surface area contributed by atoms with E-state index in [0.29, 0.717) is 0 Å². The normalized spacial score (nSPS) is 14.7. The first-order valence-electron chi connectivity index (χ1n) is 6.39. The van der Waals surface area contributed by atoms with Crippen molar-refractivity contribution in [3.05, 3.63) is 35.9 Å². The Hall–Kier alpha value is -0.430. The van der Waals surface area contributed by atoms with Gasteiger partial charge in [-0.05, 0) is 30.1 Å². The highest BCUT2D eigenvalue weighted by Crippen LogP contribution is 2.23. The standard InChI is InChI=1S/C15H24S/c1-4-5-11-16-14(3)13(2)12-15-9-7-6-8-10-15/h6-10,13-14H,4-5,11-12H2,1-3H3/t13-,14+/m1/s1. The molecule has 0 saturated heterocycles. The van der Waals surface area contributed by atoms with Gasteiger partial charge < -0.3 is 0 Å². The zero-order valence-corrected chi connectivity index (χ0v) is 11.6. The minimum absolute atomic E-state index is 0.768. The molecule has 0 nitrogen and oxygen atoms in total. The van der Waals surface area contributed by atoms with E-state index in [-0.39, 0.29) is 0 Å². The molecule has 0 radical (unpaired) electrons. The molecule has 0 aliphatic rings. The fraction of sp³-hybridized carbons (Fsp3) is 0.600. The Labute approximate surface area is 105 Å². The van der Waals surface area contributed by atoms with Gasteiger partial charge in [0.05, 0.1) is 0 Å². The summed E-state index contributed by atoms with van der Waals surface area (Å²) in [5.41, 5.74) is 1.47. The second-order valence-corrected chi connectivity index (χ2v) is 6.08. The van der Waals surface area contributed by atoms with Gasteiger partial charge in [0.25, 0.3) is 0 Å². The fourth-order valence-electron chi connectivity index (χ4n) is 1.73. The summed E-state index contributed by atoms with van der Waals surface area (Å²) < 4.78 is 0. The molecule has 2 atom stereocenters. The third-order valence-electron chi connectivity index (χ3n) is 3.08. The Morgan fingerprint density at radius 2 is 1.81 bits per heavy atom. The SMILES string of the molecule is CCCCS[C@@H](C)[C@H](C)Cc1ccccc1. The molecule has 0 bridgehead atoms. The van der Waals surface area contributed by atoms with Gasteiger partial charge in [-0.15, -0.1) is 0 Å². The highest BCUT2D eigenvalue weighted by molar-refractivity contribution is 7.99. The average molecular weight is 236 g/mol. The van der Waals surface area contributed by atoms with E-state index in [1.807, 2.05) is 0 Å². The first-order valence-corrected chi connectivity index (χ1v) is 7.44. The molecule has 1 aromatic carbocycles. The summed E-state index contributed by atoms with van der Waals surface area (Å²) >= 11 is 2.13. The van der Waals surface area contributed by atoms with Gasteiger partial charge in [0, 0.05) is 5.25 Å². The van der Waals surface area contributed by atoms with E-state index in [9.17, 15) is 0 Å². The molecule has 0 fully saturated rings. The predicted molar refractivity (Wildman–Crippen MR) is 76.1 cm³/mol. The summed E-state index contributed by atoms with van der Waals surface area (Å²) in [6.07, 6.45) is 3.88. The third kappa shape index (κ3) is 5.07. The van der Waals surface area contributed by atoms with Crippen LogP contribution >= 0.6 is 11.8 Å². The topological polar surface area (TPSA) is 0 Å². The Morgan fingerprint density at radius 1 is 1.12 bits per heavy atom. The molecule has 0 heterocycles. The molecule has 1 rings (SSSR count). The van der Waals surface area contributed by atoms with Crippen molar-refractivity contribution in [1.82, 2.24) is 0 Å². The van der Waals surface area contributed by atoms with E-state index in [1.165, 1.54) is 30.6 Å². The molecule has 1 heteroatoms. The second-order valence-electron chi connectivity index (χ2n) is 4.60. The van der Waals surface area contributed by atoms with Crippen LogP contribution in [0.3, 0.4) is 0 Å². The van der Waals surface area contributed by atoms with Gasteiger partial charge in [-0.2, -0.15) is 11.8 Å². The first kappa shape index (κ1) is 13.6. The second kappa shape index (κ2) is 7.78. The lowest BCUT2D eigenvalue weighted by Crippen LogP contribution is -2.13. The van der Waals surface area contributed by atoms with Crippen molar-refractivity contribution in [2.45, 2.75) is 45.3 Å². The van der Waals surface area contributed by atoms with Crippen LogP contribution < -0.4 is 0 Å². The molecule has 0 aromatic heterocycles. The number of hydrogen-bond donors (Lipinski definition) is 0. The van der Waals surface area contributed by atoms with Crippen molar-refractivity contribution in [2.24, 2.45) is 5.92 Å². The van der Waals surface area contributed by atoms with Crippen LogP contribution in [0.2, 0.25) is 0 Å². The van der Waals surface area contributed by atoms with Gasteiger partial charge >= 0.3 is 0 Å². The molecular weight excluding hydrogens is 212 g/mol. The lowest BCUT2D eigenvalue weighted by atomic mass is 9.99. The van der Waals surface area contributed by atoms with Crippen LogP contribution in [-0.2, 0) is 6.42 Å². The van der Waals surface area contributed by atoms with E-state index in [2.05, 4.69) is 62.9 Å². The Bertz CT molecular complexity index is 268. The summed E-state index contributed by atoms with van der Waals surface area (Å²) in [5, 5.41) is 0.770. The van der Waals surface area contributed by atoms with Gasteiger partial charge in [0.1, 0.15) is 0 Å². The van der Waals surface area contributed by atoms with Crippen molar-refractivity contribution in [3.63, 3.8) is 0 Å². The maximum Gasteiger partial charge on any atom is 0.00475 e. The lowest BCUT2D eigenvalue weighted by molar-refractivity contribution is 0.574. The van der Waals surface area contributed by atoms with Gasteiger partial charge in [-0.25, -0.2) is 0 Å². The molecule has 0 saturated carbocycles. The monoisotopic (exact) mass is 236 g/mol. The Balaban J connectivity index is 2.31. The molecule has 90 valence electrons. The van der Waals surface area contributed by atoms with Crippen molar-refractivity contribution >= 4 is 11.8 Å². The lowest BCUT2D eigenvalue weighted by Gasteiger charge is -2.19. The molecular formula is C15H24S. The highest BCUT2D eigenvalue weighted by Gasteiger charge is 2.12. The van der Waals surface area contributed by atoms with Crippen molar-refractivity contribution in [2.75, 3.05) is 5.75 Å². The summed E-state index contributed by atoms with van der Waals surface area (Å²) in [4.78, 5) is 0. The highest BCUT2D eigenvalue weighted by atomic mass is 32.2. The van der Waals surface area contributed by atoms with Crippen molar-refractivity contribution in [3.8, 4) is 0 Å². The summed E-state index contributed by atoms with van der Waals surface area (Å²) in [7, 11) is 0. The number of benzene rings is 1. The molecule has 0 aliphatic heterocycles. The molecule has 0 spiro atoms. The zero-order valence-electron chi connectivity index (χ0n) is 10.8. The molecule has 0 unspecified atom stereocenters. The molecule has 0 N–H and O–H groups in total. The molecule has 16 heavy (non-hydrogen) atoms. The van der Waals surface area contributed by atoms with Crippen LogP contribution in [0.25, 0.3) is 0 Å². The molecule has 1 aromatic rings. The summed E-state index contributed by atoms with van der Waals surface area (Å²) in [5.74, 6) is 2.08. The maximum absolute atomic E-state index is 2.37. The van der Waals surface area contributed by atoms with Gasteiger partial charge in [-0.3, -0.25) is 0 Å². The van der Waals surface area contributed by atoms with Gasteiger partial charge in [0.15, 0.2) is 0 Å². The van der Waals surface area contributed by atoms with Crippen LogP contribution in [0, 0.1) is 5.92 Å². The number of thioether (sulfide) groups is 1. The van der Waals surface area contributed by atoms with Crippen molar-refractivity contribution in [1.29, 1.82) is 0 Å². The Kier molecular flexibility index (Phi) is 6.63. The average Bonchev–Trinajstić information content (AvgIpc) is 2.30. The van der Waals surface area contributed by atoms with Crippen LogP contribution in [0.1, 0.15) is 39.2 Å². The summed E-state index contributed by atoms with van der Waals surface area (Å²) in [6.45, 7) is 7.00. The van der Waals surface area contributed by atoms with Crippen LogP contribution in [0.4, 0.5) is 0 Å². The minimum Gasteiger partial charge on any atom is -0.159 e. The van der Waals surface area contributed by atoms with E-state index >= 15 is 0 Å². The van der Waals surface area contributed by atoms with Gasteiger partial charge in [-0.1, -0.05) is 57.5 Å². The number of hydrogen-bond acceptors (Lipinski definition) is 1. The van der Waals surface area contributed by atoms with E-state index in [1.54, 1.807) is 0 Å². The fourth-order valence-corrected chi connectivity index (χ4v) is 2.98. The molecule has 0 amide bonds. The van der Waals surface area contributed by atoms with E-state index in [4.69, 9.17) is 0 Å². The van der Waals surface area contributed by atoms with Crippen LogP contribution in [-0.4, -0.2) is 11.0 Å². The first-order chi connectivity index (χ1) is 7.74. The van der Waals surface area contributed by atoms with Crippen LogP contribution in [0.5, 0.6) is 0 Å². The van der Waals surface area contributed by atoms with Crippen LogP contribution in [0.15, 0.2) is 30.3 Å². The van der Waals surface area contributed by atoms with E-state index in [0.717, 1.165) is 11.2 Å². The maximum atomic E-state index is 2.37. The number of unbranched alkanes of at least 4 members (excludes halogenated alkanes) is 1. The number of rotatable bonds is 7. The minimum atomic E-state index is 0.768. The molecule has 0 aliphatic carbocycles. The largest absolute Gasteiger partial charge is 0.159 e. The Morgan fingerprint density at radius 3 is 2.44 bits per heavy atom. The third-order valence-corrected chi connectivity index (χ3v) is 4.60. The van der Waals surface area contributed by atoms with E-state index < -0.39 is 0 Å². The zero-order chi connectivity index (χ0) is 11.8. The smallest absolute Gasteiger partial charge is 0.00475 e.